The second kappa shape index (κ2) is 8.85. The summed E-state index contributed by atoms with van der Waals surface area (Å²) in [5.41, 5.74) is 3.31. The van der Waals surface area contributed by atoms with Gasteiger partial charge in [0.2, 0.25) is 11.8 Å². The van der Waals surface area contributed by atoms with Gasteiger partial charge < -0.3 is 10.1 Å². The van der Waals surface area contributed by atoms with E-state index in [9.17, 15) is 4.79 Å². The van der Waals surface area contributed by atoms with Crippen LogP contribution in [0.5, 0.6) is 5.88 Å². The van der Waals surface area contributed by atoms with E-state index in [1.165, 1.54) is 44.1 Å². The van der Waals surface area contributed by atoms with Crippen LogP contribution in [0, 0.1) is 5.92 Å². The molecule has 27 heavy (non-hydrogen) atoms. The normalized spacial score (nSPS) is 20.8. The van der Waals surface area contributed by atoms with Crippen LogP contribution in [-0.2, 0) is 11.3 Å². The molecule has 3 aliphatic rings. The van der Waals surface area contributed by atoms with Crippen LogP contribution in [0.15, 0.2) is 17.3 Å². The zero-order chi connectivity index (χ0) is 18.5. The van der Waals surface area contributed by atoms with Crippen LogP contribution in [0.4, 0.5) is 0 Å². The van der Waals surface area contributed by atoms with Crippen molar-refractivity contribution in [2.45, 2.75) is 83.3 Å². The predicted molar refractivity (Wildman–Crippen MR) is 106 cm³/mol. The number of pyridine rings is 1. The number of carbonyl (C=O) groups excluding carboxylic acids is 1. The van der Waals surface area contributed by atoms with Gasteiger partial charge in [-0.15, -0.1) is 0 Å². The van der Waals surface area contributed by atoms with Crippen LogP contribution in [0.1, 0.15) is 81.8 Å². The Morgan fingerprint density at radius 2 is 1.81 bits per heavy atom. The average Bonchev–Trinajstić information content (AvgIpc) is 3.13. The first-order chi connectivity index (χ1) is 13.3. The molecule has 1 N–H and O–H groups in total. The van der Waals surface area contributed by atoms with E-state index in [1.54, 1.807) is 0 Å². The van der Waals surface area contributed by atoms with Crippen LogP contribution in [0.2, 0.25) is 0 Å². The van der Waals surface area contributed by atoms with Gasteiger partial charge in [-0.3, -0.25) is 9.79 Å². The Labute approximate surface area is 162 Å². The molecular weight excluding hydrogens is 338 g/mol. The molecule has 1 aromatic heterocycles. The van der Waals surface area contributed by atoms with Gasteiger partial charge in [0.15, 0.2) is 0 Å². The lowest BCUT2D eigenvalue weighted by Gasteiger charge is -2.23. The molecule has 1 aliphatic heterocycles. The van der Waals surface area contributed by atoms with E-state index in [0.717, 1.165) is 49.3 Å². The first-order valence-electron chi connectivity index (χ1n) is 10.8. The van der Waals surface area contributed by atoms with Gasteiger partial charge in [-0.25, -0.2) is 4.98 Å². The van der Waals surface area contributed by atoms with Crippen LogP contribution in [0.3, 0.4) is 0 Å². The fourth-order valence-corrected chi connectivity index (χ4v) is 4.63. The third-order valence-corrected chi connectivity index (χ3v) is 6.20. The van der Waals surface area contributed by atoms with Crippen molar-refractivity contribution < 1.29 is 9.53 Å². The minimum atomic E-state index is 0.211. The lowest BCUT2D eigenvalue weighted by Crippen LogP contribution is -2.33. The van der Waals surface area contributed by atoms with Gasteiger partial charge in [-0.05, 0) is 50.2 Å². The Morgan fingerprint density at radius 3 is 2.59 bits per heavy atom. The summed E-state index contributed by atoms with van der Waals surface area (Å²) in [4.78, 5) is 21.6. The van der Waals surface area contributed by atoms with Crippen molar-refractivity contribution in [3.8, 4) is 5.88 Å². The number of nitrogens with zero attached hydrogens (tertiary/aromatic N) is 2. The maximum absolute atomic E-state index is 12.4. The maximum atomic E-state index is 12.4. The first kappa shape index (κ1) is 18.5. The smallest absolute Gasteiger partial charge is 0.223 e. The highest BCUT2D eigenvalue weighted by Gasteiger charge is 2.25. The Bertz CT molecular complexity index is 689. The summed E-state index contributed by atoms with van der Waals surface area (Å²) in [6.07, 6.45) is 14.6. The van der Waals surface area contributed by atoms with E-state index in [2.05, 4.69) is 10.3 Å². The molecule has 0 unspecified atom stereocenters. The summed E-state index contributed by atoms with van der Waals surface area (Å²) in [5.74, 6) is 1.18. The van der Waals surface area contributed by atoms with E-state index < -0.39 is 0 Å². The Kier molecular flexibility index (Phi) is 6.05. The van der Waals surface area contributed by atoms with Crippen molar-refractivity contribution >= 4 is 11.6 Å². The molecule has 1 amide bonds. The topological polar surface area (TPSA) is 63.6 Å². The number of aromatic nitrogens is 1. The monoisotopic (exact) mass is 369 g/mol. The lowest BCUT2D eigenvalue weighted by molar-refractivity contribution is -0.125. The molecule has 2 saturated carbocycles. The summed E-state index contributed by atoms with van der Waals surface area (Å²) < 4.78 is 6.27. The lowest BCUT2D eigenvalue weighted by atomic mass is 9.88. The molecule has 5 heteroatoms. The number of rotatable bonds is 6. The standard InChI is InChI=1S/C22H31N3O2/c26-21(16-7-3-1-4-8-16)23-14-12-19-20-17(15-25-19)11-13-24-22(20)27-18-9-5-2-6-10-18/h11,13,16,18H,1-10,12,14-15H2,(H,23,26). The van der Waals surface area contributed by atoms with Crippen molar-refractivity contribution in [3.05, 3.63) is 23.4 Å². The van der Waals surface area contributed by atoms with Gasteiger partial charge in [0, 0.05) is 30.8 Å². The van der Waals surface area contributed by atoms with Crippen molar-refractivity contribution in [3.63, 3.8) is 0 Å². The molecule has 0 aromatic carbocycles. The van der Waals surface area contributed by atoms with E-state index in [4.69, 9.17) is 9.73 Å². The van der Waals surface area contributed by atoms with Gasteiger partial charge in [-0.2, -0.15) is 0 Å². The van der Waals surface area contributed by atoms with Crippen molar-refractivity contribution in [1.29, 1.82) is 0 Å². The minimum absolute atomic E-state index is 0.211. The van der Waals surface area contributed by atoms with Gasteiger partial charge in [-0.1, -0.05) is 25.7 Å². The second-order valence-electron chi connectivity index (χ2n) is 8.17. The fraction of sp³-hybridized carbons (Fsp3) is 0.682. The summed E-state index contributed by atoms with van der Waals surface area (Å²) in [6, 6.07) is 2.04. The molecule has 0 atom stereocenters. The Morgan fingerprint density at radius 1 is 1.07 bits per heavy atom. The highest BCUT2D eigenvalue weighted by Crippen LogP contribution is 2.31. The zero-order valence-corrected chi connectivity index (χ0v) is 16.2. The van der Waals surface area contributed by atoms with Crippen LogP contribution in [0.25, 0.3) is 0 Å². The fourth-order valence-electron chi connectivity index (χ4n) is 4.63. The van der Waals surface area contributed by atoms with Crippen LogP contribution < -0.4 is 10.1 Å². The van der Waals surface area contributed by atoms with Crippen molar-refractivity contribution in [1.82, 2.24) is 10.3 Å². The molecule has 2 aliphatic carbocycles. The summed E-state index contributed by atoms with van der Waals surface area (Å²) in [7, 11) is 0. The zero-order valence-electron chi connectivity index (χ0n) is 16.2. The van der Waals surface area contributed by atoms with Gasteiger partial charge in [0.1, 0.15) is 6.10 Å². The highest BCUT2D eigenvalue weighted by molar-refractivity contribution is 6.05. The third-order valence-electron chi connectivity index (χ3n) is 6.20. The van der Waals surface area contributed by atoms with Gasteiger partial charge in [0.05, 0.1) is 12.1 Å². The number of ether oxygens (including phenoxy) is 1. The molecule has 2 fully saturated rings. The Hall–Kier alpha value is -1.91. The van der Waals surface area contributed by atoms with Crippen LogP contribution in [-0.4, -0.2) is 29.3 Å². The molecule has 2 heterocycles. The Balaban J connectivity index is 1.35. The molecule has 0 radical (unpaired) electrons. The number of fused-ring (bicyclic) bond motifs is 1. The van der Waals surface area contributed by atoms with Crippen molar-refractivity contribution in [2.75, 3.05) is 6.54 Å². The second-order valence-corrected chi connectivity index (χ2v) is 8.17. The predicted octanol–water partition coefficient (Wildman–Crippen LogP) is 4.18. The maximum Gasteiger partial charge on any atom is 0.223 e. The molecule has 0 spiro atoms. The number of nitrogens with one attached hydrogen (secondary N) is 1. The summed E-state index contributed by atoms with van der Waals surface area (Å²) in [6.45, 7) is 1.34. The number of carbonyl (C=O) groups is 1. The molecule has 1 aromatic rings. The summed E-state index contributed by atoms with van der Waals surface area (Å²) >= 11 is 0. The molecule has 0 bridgehead atoms. The quantitative estimate of drug-likeness (QED) is 0.818. The molecule has 146 valence electrons. The third kappa shape index (κ3) is 4.50. The molecule has 4 rings (SSSR count). The largest absolute Gasteiger partial charge is 0.474 e. The van der Waals surface area contributed by atoms with E-state index in [0.29, 0.717) is 13.1 Å². The number of amides is 1. The summed E-state index contributed by atoms with van der Waals surface area (Å²) in [5, 5.41) is 3.13. The number of hydrogen-bond acceptors (Lipinski definition) is 4. The van der Waals surface area contributed by atoms with Crippen molar-refractivity contribution in [2.24, 2.45) is 10.9 Å². The number of hydrogen-bond donors (Lipinski definition) is 1. The van der Waals surface area contributed by atoms with Crippen LogP contribution >= 0.6 is 0 Å². The first-order valence-corrected chi connectivity index (χ1v) is 10.8. The van der Waals surface area contributed by atoms with Gasteiger partial charge >= 0.3 is 0 Å². The van der Waals surface area contributed by atoms with E-state index in [1.807, 2.05) is 12.3 Å². The highest BCUT2D eigenvalue weighted by atomic mass is 16.5. The molecular formula is C22H31N3O2. The minimum Gasteiger partial charge on any atom is -0.474 e. The number of aliphatic imine (C=N–C) groups is 1. The SMILES string of the molecule is O=C(NCCC1=NCc2ccnc(OC3CCCCC3)c21)C1CCCCC1. The molecule has 0 saturated heterocycles. The molecule has 5 nitrogen and oxygen atoms in total. The van der Waals surface area contributed by atoms with Gasteiger partial charge in [0.25, 0.3) is 0 Å². The van der Waals surface area contributed by atoms with E-state index >= 15 is 0 Å². The van der Waals surface area contributed by atoms with E-state index in [-0.39, 0.29) is 17.9 Å². The average molecular weight is 370 g/mol.